The quantitative estimate of drug-likeness (QED) is 0.458. The molecule has 4 aromatic rings. The lowest BCUT2D eigenvalue weighted by Crippen LogP contribution is -1.92. The van der Waals surface area contributed by atoms with Crippen molar-refractivity contribution in [3.05, 3.63) is 78.7 Å². The molecule has 0 amide bonds. The van der Waals surface area contributed by atoms with Crippen LogP contribution in [0.3, 0.4) is 0 Å². The van der Waals surface area contributed by atoms with E-state index in [1.54, 1.807) is 28.8 Å². The topological polar surface area (TPSA) is 4.93 Å². The maximum atomic E-state index is 8.36. The standard InChI is InChI=1S/C18H13N/c1-2-8-14(9-3-1)19-17-12-6-4-10-15(17)16-11-5-7-13-18(16)19/h1-13H/i4D,6D,7D,10D,11D,12D,13D. The molecule has 0 aliphatic heterocycles. The molecule has 0 unspecified atom stereocenters. The zero-order chi connectivity index (χ0) is 18.7. The fourth-order valence-electron chi connectivity index (χ4n) is 2.30. The Kier molecular flexibility index (Phi) is 1.18. The Bertz CT molecular complexity index is 1200. The highest BCUT2D eigenvalue weighted by Gasteiger charge is 2.10. The highest BCUT2D eigenvalue weighted by Crippen LogP contribution is 2.31. The SMILES string of the molecule is [2H]c1cc([2H])c2c3c([2H])c([2H])c([2H])c([2H])c3n(-c3ccccc3)c2c1[2H]. The van der Waals surface area contributed by atoms with Crippen LogP contribution in [0.4, 0.5) is 0 Å². The lowest BCUT2D eigenvalue weighted by molar-refractivity contribution is 1.18. The summed E-state index contributed by atoms with van der Waals surface area (Å²) in [5, 5.41) is 0.463. The Morgan fingerprint density at radius 2 is 1.37 bits per heavy atom. The molecule has 3 aromatic carbocycles. The summed E-state index contributed by atoms with van der Waals surface area (Å²) in [6.45, 7) is 0. The van der Waals surface area contributed by atoms with E-state index in [0.717, 1.165) is 0 Å². The van der Waals surface area contributed by atoms with Crippen LogP contribution in [0.1, 0.15) is 9.60 Å². The summed E-state index contributed by atoms with van der Waals surface area (Å²) in [5.41, 5.74) is 1.07. The maximum absolute atomic E-state index is 8.36. The first-order valence-electron chi connectivity index (χ1n) is 9.41. The largest absolute Gasteiger partial charge is 0.309 e. The Morgan fingerprint density at radius 3 is 2.21 bits per heavy atom. The molecule has 1 heterocycles. The van der Waals surface area contributed by atoms with E-state index in [1.165, 1.54) is 6.07 Å². The minimum Gasteiger partial charge on any atom is -0.309 e. The van der Waals surface area contributed by atoms with Crippen molar-refractivity contribution in [2.24, 2.45) is 0 Å². The molecule has 0 spiro atoms. The lowest BCUT2D eigenvalue weighted by Gasteiger charge is -2.06. The molecule has 0 atom stereocenters. The molecule has 0 saturated carbocycles. The average Bonchev–Trinajstić information content (AvgIpc) is 3.00. The predicted octanol–water partition coefficient (Wildman–Crippen LogP) is 4.78. The van der Waals surface area contributed by atoms with E-state index in [0.29, 0.717) is 5.69 Å². The van der Waals surface area contributed by atoms with E-state index < -0.39 is 0 Å². The molecule has 0 N–H and O–H groups in total. The molecule has 0 fully saturated rings. The minimum absolute atomic E-state index is 0.0364. The fourth-order valence-corrected chi connectivity index (χ4v) is 2.30. The molecule has 0 aliphatic rings. The lowest BCUT2D eigenvalue weighted by atomic mass is 10.2. The third-order valence-corrected chi connectivity index (χ3v) is 3.10. The molecule has 0 saturated heterocycles. The van der Waals surface area contributed by atoms with E-state index in [-0.39, 0.29) is 64.1 Å². The summed E-state index contributed by atoms with van der Waals surface area (Å²) in [6.07, 6.45) is 0. The van der Waals surface area contributed by atoms with Gasteiger partial charge in [-0.15, -0.1) is 0 Å². The van der Waals surface area contributed by atoms with Gasteiger partial charge in [0.15, 0.2) is 0 Å². The van der Waals surface area contributed by atoms with Gasteiger partial charge in [-0.3, -0.25) is 0 Å². The zero-order valence-corrected chi connectivity index (χ0v) is 9.91. The average molecular weight is 250 g/mol. The summed E-state index contributed by atoms with van der Waals surface area (Å²) >= 11 is 0. The Morgan fingerprint density at radius 1 is 0.684 bits per heavy atom. The third kappa shape index (κ3) is 1.48. The van der Waals surface area contributed by atoms with Crippen molar-refractivity contribution in [3.63, 3.8) is 0 Å². The molecule has 1 heteroatoms. The molecule has 90 valence electrons. The van der Waals surface area contributed by atoms with Gasteiger partial charge in [0.05, 0.1) is 20.6 Å². The molecule has 19 heavy (non-hydrogen) atoms. The van der Waals surface area contributed by atoms with Gasteiger partial charge >= 0.3 is 0 Å². The number of hydrogen-bond donors (Lipinski definition) is 0. The van der Waals surface area contributed by atoms with E-state index in [4.69, 9.17) is 9.60 Å². The summed E-state index contributed by atoms with van der Waals surface area (Å²) < 4.78 is 58.8. The van der Waals surface area contributed by atoms with Crippen molar-refractivity contribution < 1.29 is 9.60 Å². The van der Waals surface area contributed by atoms with Crippen LogP contribution in [0, 0.1) is 0 Å². The molecular formula is C18H13N. The molecular weight excluding hydrogens is 230 g/mol. The smallest absolute Gasteiger partial charge is 0.0645 e. The van der Waals surface area contributed by atoms with Crippen molar-refractivity contribution in [2.75, 3.05) is 0 Å². The van der Waals surface area contributed by atoms with Gasteiger partial charge in [-0.05, 0) is 24.2 Å². The van der Waals surface area contributed by atoms with E-state index >= 15 is 0 Å². The number of hydrogen-bond acceptors (Lipinski definition) is 0. The summed E-state index contributed by atoms with van der Waals surface area (Å²) in [4.78, 5) is 0. The number of aromatic nitrogens is 1. The van der Waals surface area contributed by atoms with Gasteiger partial charge in [-0.2, -0.15) is 0 Å². The van der Waals surface area contributed by atoms with E-state index in [1.807, 2.05) is 6.07 Å². The maximum Gasteiger partial charge on any atom is 0.0645 e. The molecule has 1 nitrogen and oxygen atoms in total. The molecule has 1 aromatic heterocycles. The monoisotopic (exact) mass is 250 g/mol. The second kappa shape index (κ2) is 3.99. The second-order valence-electron chi connectivity index (χ2n) is 4.18. The van der Waals surface area contributed by atoms with Gasteiger partial charge in [0.2, 0.25) is 0 Å². The second-order valence-corrected chi connectivity index (χ2v) is 4.18. The summed E-state index contributed by atoms with van der Waals surface area (Å²) in [7, 11) is 0. The first-order valence-corrected chi connectivity index (χ1v) is 5.91. The van der Waals surface area contributed by atoms with Crippen LogP contribution in [0.25, 0.3) is 27.5 Å². The number of fused-ring (bicyclic) bond motifs is 3. The van der Waals surface area contributed by atoms with Gasteiger partial charge in [0, 0.05) is 16.5 Å². The van der Waals surface area contributed by atoms with Gasteiger partial charge in [-0.25, -0.2) is 0 Å². The molecule has 0 radical (unpaired) electrons. The molecule has 0 bridgehead atoms. The van der Waals surface area contributed by atoms with Crippen LogP contribution >= 0.6 is 0 Å². The van der Waals surface area contributed by atoms with Crippen LogP contribution in [0.5, 0.6) is 0 Å². The highest BCUT2D eigenvalue weighted by molar-refractivity contribution is 6.09. The van der Waals surface area contributed by atoms with Crippen molar-refractivity contribution in [2.45, 2.75) is 0 Å². The fraction of sp³-hybridized carbons (Fsp3) is 0. The van der Waals surface area contributed by atoms with Crippen molar-refractivity contribution in [3.8, 4) is 5.69 Å². The first-order chi connectivity index (χ1) is 12.3. The number of benzene rings is 3. The summed E-state index contributed by atoms with van der Waals surface area (Å²) in [6, 6.07) is 8.65. The number of rotatable bonds is 1. The van der Waals surface area contributed by atoms with Crippen LogP contribution in [0.2, 0.25) is 0 Å². The first kappa shape index (κ1) is 5.62. The van der Waals surface area contributed by atoms with Gasteiger partial charge in [-0.1, -0.05) is 54.5 Å². The zero-order valence-electron chi connectivity index (χ0n) is 16.9. The van der Waals surface area contributed by atoms with Gasteiger partial charge in [0.1, 0.15) is 0 Å². The van der Waals surface area contributed by atoms with Crippen LogP contribution < -0.4 is 0 Å². The number of para-hydroxylation sites is 3. The summed E-state index contributed by atoms with van der Waals surface area (Å²) in [5.74, 6) is 0. The van der Waals surface area contributed by atoms with Crippen molar-refractivity contribution >= 4 is 21.8 Å². The molecule has 4 rings (SSSR count). The van der Waals surface area contributed by atoms with E-state index in [9.17, 15) is 0 Å². The van der Waals surface area contributed by atoms with Crippen LogP contribution in [0.15, 0.2) is 78.7 Å². The number of nitrogens with zero attached hydrogens (tertiary/aromatic N) is 1. The van der Waals surface area contributed by atoms with Crippen LogP contribution in [-0.4, -0.2) is 4.57 Å². The predicted molar refractivity (Wildman–Crippen MR) is 80.8 cm³/mol. The Hall–Kier alpha value is -2.54. The van der Waals surface area contributed by atoms with Gasteiger partial charge < -0.3 is 4.57 Å². The Balaban J connectivity index is 2.43. The minimum atomic E-state index is -0.379. The van der Waals surface area contributed by atoms with E-state index in [2.05, 4.69) is 0 Å². The van der Waals surface area contributed by atoms with Crippen molar-refractivity contribution in [1.82, 2.24) is 4.57 Å². The third-order valence-electron chi connectivity index (χ3n) is 3.10. The highest BCUT2D eigenvalue weighted by atomic mass is 15.0. The molecule has 0 aliphatic carbocycles. The van der Waals surface area contributed by atoms with Crippen LogP contribution in [-0.2, 0) is 0 Å². The van der Waals surface area contributed by atoms with Crippen molar-refractivity contribution in [1.29, 1.82) is 0 Å². The normalized spacial score (nSPS) is 16.3. The Labute approximate surface area is 121 Å². The van der Waals surface area contributed by atoms with Gasteiger partial charge in [0.25, 0.3) is 0 Å².